The van der Waals surface area contributed by atoms with Crippen LogP contribution in [0.4, 0.5) is 5.69 Å². The predicted octanol–water partition coefficient (Wildman–Crippen LogP) is 2.79. The fourth-order valence-electron chi connectivity index (χ4n) is 2.57. The number of ether oxygens (including phenoxy) is 2. The Morgan fingerprint density at radius 1 is 1.17 bits per heavy atom. The molecular formula is C21H27N3O5S. The Balaban J connectivity index is 2.06. The van der Waals surface area contributed by atoms with Crippen LogP contribution in [0.2, 0.25) is 0 Å². The minimum absolute atomic E-state index is 0.0782. The lowest BCUT2D eigenvalue weighted by Gasteiger charge is -2.23. The van der Waals surface area contributed by atoms with Crippen molar-refractivity contribution in [3.8, 4) is 11.5 Å². The highest BCUT2D eigenvalue weighted by Crippen LogP contribution is 2.29. The molecule has 0 aliphatic rings. The van der Waals surface area contributed by atoms with E-state index >= 15 is 0 Å². The Bertz CT molecular complexity index is 972. The smallest absolute Gasteiger partial charge is 0.260 e. The first kappa shape index (κ1) is 23.2. The van der Waals surface area contributed by atoms with E-state index in [0.717, 1.165) is 21.9 Å². The number of nitrogens with zero attached hydrogens (tertiary/aromatic N) is 2. The van der Waals surface area contributed by atoms with Crippen LogP contribution >= 0.6 is 0 Å². The molecule has 0 aliphatic heterocycles. The van der Waals surface area contributed by atoms with Gasteiger partial charge in [0.2, 0.25) is 10.0 Å². The topological polar surface area (TPSA) is 97.3 Å². The van der Waals surface area contributed by atoms with E-state index in [1.807, 2.05) is 13.8 Å². The van der Waals surface area contributed by atoms with Crippen molar-refractivity contribution in [1.29, 1.82) is 0 Å². The zero-order valence-corrected chi connectivity index (χ0v) is 18.3. The molecule has 0 fully saturated rings. The Hall–Kier alpha value is -3.07. The maximum absolute atomic E-state index is 12.3. The molecular weight excluding hydrogens is 406 g/mol. The van der Waals surface area contributed by atoms with Gasteiger partial charge >= 0.3 is 0 Å². The van der Waals surface area contributed by atoms with E-state index < -0.39 is 22.5 Å². The molecule has 0 heterocycles. The van der Waals surface area contributed by atoms with E-state index in [1.54, 1.807) is 55.5 Å². The van der Waals surface area contributed by atoms with Crippen LogP contribution in [0.3, 0.4) is 0 Å². The van der Waals surface area contributed by atoms with Crippen LogP contribution < -0.4 is 19.2 Å². The van der Waals surface area contributed by atoms with E-state index in [4.69, 9.17) is 9.47 Å². The van der Waals surface area contributed by atoms with Crippen molar-refractivity contribution < 1.29 is 22.7 Å². The van der Waals surface area contributed by atoms with Gasteiger partial charge in [0.15, 0.2) is 0 Å². The summed E-state index contributed by atoms with van der Waals surface area (Å²) in [6, 6.07) is 13.9. The minimum atomic E-state index is -3.72. The zero-order valence-electron chi connectivity index (χ0n) is 17.5. The molecule has 0 bridgehead atoms. The standard InChI is InChI=1S/C21H27N3O5S/c1-5-28-20-9-7-6-8-19(20)24(30(4,26)27)15-21(25)23-22-14-17-10-12-18(13-11-17)29-16(2)3/h6-14,16H,5,15H2,1-4H3,(H,23,25)/b22-14-. The summed E-state index contributed by atoms with van der Waals surface area (Å²) >= 11 is 0. The monoisotopic (exact) mass is 433 g/mol. The van der Waals surface area contributed by atoms with Crippen molar-refractivity contribution in [1.82, 2.24) is 5.43 Å². The highest BCUT2D eigenvalue weighted by Gasteiger charge is 2.23. The summed E-state index contributed by atoms with van der Waals surface area (Å²) in [5, 5.41) is 3.90. The number of para-hydroxylation sites is 2. The van der Waals surface area contributed by atoms with E-state index in [2.05, 4.69) is 10.5 Å². The number of benzene rings is 2. The second-order valence-corrected chi connectivity index (χ2v) is 8.61. The van der Waals surface area contributed by atoms with Gasteiger partial charge in [0.1, 0.15) is 18.0 Å². The van der Waals surface area contributed by atoms with E-state index in [9.17, 15) is 13.2 Å². The van der Waals surface area contributed by atoms with Gasteiger partial charge < -0.3 is 9.47 Å². The maximum Gasteiger partial charge on any atom is 0.260 e. The van der Waals surface area contributed by atoms with Gasteiger partial charge in [-0.05, 0) is 62.7 Å². The molecule has 0 saturated heterocycles. The quantitative estimate of drug-likeness (QED) is 0.459. The fourth-order valence-corrected chi connectivity index (χ4v) is 3.43. The van der Waals surface area contributed by atoms with E-state index in [0.29, 0.717) is 18.0 Å². The Morgan fingerprint density at radius 2 is 1.83 bits per heavy atom. The number of rotatable bonds is 10. The Morgan fingerprint density at radius 3 is 2.43 bits per heavy atom. The summed E-state index contributed by atoms with van der Waals surface area (Å²) in [6.07, 6.45) is 2.58. The van der Waals surface area contributed by atoms with Crippen LogP contribution in [0, 0.1) is 0 Å². The molecule has 0 atom stereocenters. The van der Waals surface area contributed by atoms with E-state index in [-0.39, 0.29) is 6.10 Å². The molecule has 1 N–H and O–H groups in total. The lowest BCUT2D eigenvalue weighted by molar-refractivity contribution is -0.119. The lowest BCUT2D eigenvalue weighted by Crippen LogP contribution is -2.39. The summed E-state index contributed by atoms with van der Waals surface area (Å²) in [4.78, 5) is 12.3. The molecule has 9 heteroatoms. The van der Waals surface area contributed by atoms with Crippen molar-refractivity contribution in [2.24, 2.45) is 5.10 Å². The van der Waals surface area contributed by atoms with Crippen molar-refractivity contribution >= 4 is 27.8 Å². The van der Waals surface area contributed by atoms with Gasteiger partial charge in [0.05, 0.1) is 30.9 Å². The molecule has 2 aromatic carbocycles. The SMILES string of the molecule is CCOc1ccccc1N(CC(=O)N/N=C\c1ccc(OC(C)C)cc1)S(C)(=O)=O. The van der Waals surface area contributed by atoms with Crippen LogP contribution in [-0.2, 0) is 14.8 Å². The molecule has 0 radical (unpaired) electrons. The molecule has 0 spiro atoms. The van der Waals surface area contributed by atoms with Gasteiger partial charge in [-0.2, -0.15) is 5.10 Å². The molecule has 2 aromatic rings. The number of anilines is 1. The molecule has 8 nitrogen and oxygen atoms in total. The van der Waals surface area contributed by atoms with Gasteiger partial charge in [-0.25, -0.2) is 13.8 Å². The molecule has 1 amide bonds. The first-order chi connectivity index (χ1) is 14.2. The number of carbonyl (C=O) groups is 1. The second kappa shape index (κ2) is 10.6. The first-order valence-corrected chi connectivity index (χ1v) is 11.3. The summed E-state index contributed by atoms with van der Waals surface area (Å²) in [5.74, 6) is 0.538. The van der Waals surface area contributed by atoms with Gasteiger partial charge in [0, 0.05) is 0 Å². The molecule has 162 valence electrons. The number of hydrazone groups is 1. The summed E-state index contributed by atoms with van der Waals surface area (Å²) in [5.41, 5.74) is 3.40. The maximum atomic E-state index is 12.3. The average Bonchev–Trinajstić information content (AvgIpc) is 2.67. The summed E-state index contributed by atoms with van der Waals surface area (Å²) < 4.78 is 36.6. The highest BCUT2D eigenvalue weighted by atomic mass is 32.2. The van der Waals surface area contributed by atoms with Crippen LogP contribution in [0.15, 0.2) is 53.6 Å². The molecule has 0 saturated carbocycles. The Labute approximate surface area is 177 Å². The van der Waals surface area contributed by atoms with Crippen LogP contribution in [0.1, 0.15) is 26.3 Å². The number of nitrogens with one attached hydrogen (secondary N) is 1. The lowest BCUT2D eigenvalue weighted by atomic mass is 10.2. The normalized spacial score (nSPS) is 11.5. The van der Waals surface area contributed by atoms with Crippen molar-refractivity contribution in [3.05, 3.63) is 54.1 Å². The van der Waals surface area contributed by atoms with Crippen molar-refractivity contribution in [2.45, 2.75) is 26.9 Å². The van der Waals surface area contributed by atoms with Gasteiger partial charge in [-0.1, -0.05) is 12.1 Å². The van der Waals surface area contributed by atoms with E-state index in [1.165, 1.54) is 6.21 Å². The molecule has 0 aromatic heterocycles. The molecule has 2 rings (SSSR count). The van der Waals surface area contributed by atoms with Gasteiger partial charge in [-0.15, -0.1) is 0 Å². The molecule has 0 unspecified atom stereocenters. The number of hydrogen-bond acceptors (Lipinski definition) is 6. The number of sulfonamides is 1. The molecule has 0 aliphatic carbocycles. The first-order valence-electron chi connectivity index (χ1n) is 9.49. The third-order valence-electron chi connectivity index (χ3n) is 3.78. The zero-order chi connectivity index (χ0) is 22.1. The minimum Gasteiger partial charge on any atom is -0.492 e. The third kappa shape index (κ3) is 7.07. The van der Waals surface area contributed by atoms with Crippen LogP contribution in [-0.4, -0.2) is 46.1 Å². The fraction of sp³-hybridized carbons (Fsp3) is 0.333. The summed E-state index contributed by atoms with van der Waals surface area (Å²) in [7, 11) is -3.72. The third-order valence-corrected chi connectivity index (χ3v) is 4.90. The van der Waals surface area contributed by atoms with Crippen LogP contribution in [0.5, 0.6) is 11.5 Å². The average molecular weight is 434 g/mol. The summed E-state index contributed by atoms with van der Waals surface area (Å²) in [6.45, 7) is 5.62. The van der Waals surface area contributed by atoms with Gasteiger partial charge in [-0.3, -0.25) is 9.10 Å². The van der Waals surface area contributed by atoms with Crippen LogP contribution in [0.25, 0.3) is 0 Å². The van der Waals surface area contributed by atoms with Crippen molar-refractivity contribution in [3.63, 3.8) is 0 Å². The van der Waals surface area contributed by atoms with Crippen molar-refractivity contribution in [2.75, 3.05) is 23.7 Å². The second-order valence-electron chi connectivity index (χ2n) is 6.70. The Kier molecular flexibility index (Phi) is 8.23. The number of carbonyl (C=O) groups excluding carboxylic acids is 1. The van der Waals surface area contributed by atoms with Gasteiger partial charge in [0.25, 0.3) is 5.91 Å². The number of amides is 1. The highest BCUT2D eigenvalue weighted by molar-refractivity contribution is 7.92. The molecule has 30 heavy (non-hydrogen) atoms. The predicted molar refractivity (Wildman–Crippen MR) is 118 cm³/mol. The largest absolute Gasteiger partial charge is 0.492 e. The number of hydrogen-bond donors (Lipinski definition) is 1.